The van der Waals surface area contributed by atoms with E-state index in [1.54, 1.807) is 0 Å². The van der Waals surface area contributed by atoms with Crippen molar-refractivity contribution in [3.05, 3.63) is 97.9 Å². The monoisotopic (exact) mass is 938 g/mol. The van der Waals surface area contributed by atoms with Gasteiger partial charge in [-0.15, -0.1) is 0 Å². The lowest BCUT2D eigenvalue weighted by Gasteiger charge is -2.18. The van der Waals surface area contributed by atoms with E-state index in [0.717, 1.165) is 49.9 Å². The van der Waals surface area contributed by atoms with Crippen molar-refractivity contribution < 1.29 is 57.7 Å². The highest BCUT2D eigenvalue weighted by Crippen LogP contribution is 2.44. The fourth-order valence-electron chi connectivity index (χ4n) is 6.60. The largest absolute Gasteiger partial charge is 0.493 e. The summed E-state index contributed by atoms with van der Waals surface area (Å²) in [5, 5.41) is 31.4. The number of hydrogen-bond donors (Lipinski definition) is 5. The van der Waals surface area contributed by atoms with Crippen molar-refractivity contribution in [2.24, 2.45) is 10.8 Å². The average molecular weight is 939 g/mol. The molecule has 0 fully saturated rings. The number of hydrogen-bond acceptors (Lipinski definition) is 16. The quantitative estimate of drug-likeness (QED) is 0.00699. The molecule has 1 aliphatic carbocycles. The number of carboxylic acid groups (broad SMARTS) is 1. The number of carboxylic acids is 1. The molecule has 3 aromatic rings. The molecule has 0 aliphatic heterocycles. The minimum absolute atomic E-state index is 0.0120. The summed E-state index contributed by atoms with van der Waals surface area (Å²) in [6.07, 6.45) is -0.665. The van der Waals surface area contributed by atoms with E-state index < -0.39 is 63.8 Å². The van der Waals surface area contributed by atoms with Gasteiger partial charge in [0.2, 0.25) is 11.8 Å². The zero-order valence-corrected chi connectivity index (χ0v) is 37.2. The summed E-state index contributed by atoms with van der Waals surface area (Å²) in [5.74, 6) is -4.59. The molecule has 0 aromatic heterocycles. The van der Waals surface area contributed by atoms with Crippen LogP contribution in [0, 0.1) is 10.1 Å². The maximum absolute atomic E-state index is 12.7. The van der Waals surface area contributed by atoms with E-state index in [9.17, 15) is 44.0 Å². The number of azide groups is 1. The number of nitrogens with two attached hydrogens (primary N) is 1. The number of methoxy groups -OCH3 is 1. The van der Waals surface area contributed by atoms with Crippen molar-refractivity contribution in [1.82, 2.24) is 16.0 Å². The summed E-state index contributed by atoms with van der Waals surface area (Å²) < 4.78 is 22.2. The topological polar surface area (TPSA) is 314 Å². The van der Waals surface area contributed by atoms with Crippen LogP contribution < -0.4 is 31.2 Å². The van der Waals surface area contributed by atoms with Gasteiger partial charge >= 0.3 is 17.9 Å². The van der Waals surface area contributed by atoms with Crippen molar-refractivity contribution in [3.8, 4) is 22.6 Å². The van der Waals surface area contributed by atoms with E-state index in [2.05, 4.69) is 38.1 Å². The first-order valence-electron chi connectivity index (χ1n) is 20.4. The summed E-state index contributed by atoms with van der Waals surface area (Å²) in [7, 11) is 3.00. The number of nitro groups is 1. The van der Waals surface area contributed by atoms with Crippen LogP contribution in [0.1, 0.15) is 74.2 Å². The van der Waals surface area contributed by atoms with E-state index in [4.69, 9.17) is 30.2 Å². The fourth-order valence-corrected chi connectivity index (χ4v) is 8.93. The average Bonchev–Trinajstić information content (AvgIpc) is 3.60. The van der Waals surface area contributed by atoms with Gasteiger partial charge in [-0.2, -0.15) is 0 Å². The summed E-state index contributed by atoms with van der Waals surface area (Å²) in [4.78, 5) is 87.6. The number of carbonyl (C=O) groups is 6. The Balaban J connectivity index is 1.17. The lowest BCUT2D eigenvalue weighted by Crippen LogP contribution is -2.43. The van der Waals surface area contributed by atoms with Crippen molar-refractivity contribution >= 4 is 62.9 Å². The number of rotatable bonds is 29. The lowest BCUT2D eigenvalue weighted by molar-refractivity contribution is -0.386. The van der Waals surface area contributed by atoms with Crippen LogP contribution in [0.2, 0.25) is 0 Å². The molecule has 3 atom stereocenters. The van der Waals surface area contributed by atoms with Gasteiger partial charge in [0.05, 0.1) is 36.8 Å². The number of nitrogens with zero attached hydrogens (tertiary/aromatic N) is 4. The molecule has 1 aliphatic rings. The van der Waals surface area contributed by atoms with E-state index in [-0.39, 0.29) is 87.1 Å². The second-order valence-corrected chi connectivity index (χ2v) is 16.9. The zero-order chi connectivity index (χ0) is 47.3. The smallest absolute Gasteiger partial charge is 0.327 e. The van der Waals surface area contributed by atoms with E-state index in [1.165, 1.54) is 20.1 Å². The second-order valence-electron chi connectivity index (χ2n) is 14.3. The fraction of sp³-hybridized carbons (Fsp3) is 0.429. The molecular formula is C42H50N8O13S2. The summed E-state index contributed by atoms with van der Waals surface area (Å²) in [5.41, 5.74) is 17.8. The Morgan fingerprint density at radius 1 is 0.938 bits per heavy atom. The maximum Gasteiger partial charge on any atom is 0.327 e. The molecule has 3 aromatic carbocycles. The predicted octanol–water partition coefficient (Wildman–Crippen LogP) is 5.06. The van der Waals surface area contributed by atoms with Crippen LogP contribution in [0.4, 0.5) is 5.69 Å². The molecule has 0 heterocycles. The lowest BCUT2D eigenvalue weighted by atomic mass is 9.98. The molecule has 65 heavy (non-hydrogen) atoms. The third-order valence-corrected chi connectivity index (χ3v) is 12.3. The van der Waals surface area contributed by atoms with Gasteiger partial charge in [-0.25, -0.2) is 4.79 Å². The van der Waals surface area contributed by atoms with Crippen molar-refractivity contribution in [2.45, 2.75) is 68.9 Å². The molecular weight excluding hydrogens is 889 g/mol. The molecule has 0 spiro atoms. The summed E-state index contributed by atoms with van der Waals surface area (Å²) >= 11 is 0. The van der Waals surface area contributed by atoms with Crippen LogP contribution in [0.3, 0.4) is 0 Å². The molecule has 23 heteroatoms. The first kappa shape index (κ1) is 51.1. The summed E-state index contributed by atoms with van der Waals surface area (Å²) in [6, 6.07) is 17.2. The third-order valence-electron chi connectivity index (χ3n) is 9.75. The van der Waals surface area contributed by atoms with Gasteiger partial charge in [0.1, 0.15) is 18.8 Å². The minimum Gasteiger partial charge on any atom is -0.493 e. The van der Waals surface area contributed by atoms with Crippen LogP contribution in [0.15, 0.2) is 65.8 Å². The SMILES string of the molecule is COc1cc(C(C)OC(=O)CCCNCC(=O)OCC2c3ccccc3-c3ccccc32)c([N+](=O)[O-])cc1OCCCC(=O)NC(SSCC(NC(=O)CCCN=[N+]=[N-])C(=O)O)C(N)=O. The molecule has 6 N–H and O–H groups in total. The standard InChI is InChI=1S/C42H50N8O13S2/c1-25(63-38(53)16-8-17-45-22-39(54)62-23-31-28-12-5-3-10-26(28)27-11-4-6-13-29(27)31)30-20-34(60-2)35(21-33(30)50(58)59)61-19-9-15-37(52)48-41(40(43)55)65-64-24-32(42(56)57)47-36(51)14-7-18-46-49-44/h3-6,10-13,20-21,25,31-32,41,45H,7-9,14-19,22-24H2,1-2H3,(H2,43,55)(H,47,51)(H,48,52)(H,56,57). The molecule has 348 valence electrons. The van der Waals surface area contributed by atoms with Gasteiger partial charge in [-0.3, -0.25) is 34.1 Å². The molecule has 0 bridgehead atoms. The van der Waals surface area contributed by atoms with Crippen molar-refractivity contribution in [1.29, 1.82) is 0 Å². The van der Waals surface area contributed by atoms with Crippen LogP contribution in [0.5, 0.6) is 11.5 Å². The van der Waals surface area contributed by atoms with Crippen molar-refractivity contribution in [3.63, 3.8) is 0 Å². The molecule has 3 amide bonds. The Labute approximate surface area is 381 Å². The third kappa shape index (κ3) is 15.9. The molecule has 3 unspecified atom stereocenters. The zero-order valence-electron chi connectivity index (χ0n) is 35.6. The highest BCUT2D eigenvalue weighted by molar-refractivity contribution is 8.77. The number of primary amides is 1. The number of esters is 2. The second kappa shape index (κ2) is 26.3. The molecule has 4 rings (SSSR count). The van der Waals surface area contributed by atoms with Gasteiger partial charge in [0.25, 0.3) is 11.6 Å². The van der Waals surface area contributed by atoms with Crippen LogP contribution in [0.25, 0.3) is 21.6 Å². The summed E-state index contributed by atoms with van der Waals surface area (Å²) in [6.45, 7) is 1.89. The Morgan fingerprint density at radius 2 is 1.60 bits per heavy atom. The molecule has 21 nitrogen and oxygen atoms in total. The minimum atomic E-state index is -1.32. The Bertz CT molecular complexity index is 2200. The van der Waals surface area contributed by atoms with Crippen LogP contribution >= 0.6 is 21.6 Å². The first-order chi connectivity index (χ1) is 31.2. The van der Waals surface area contributed by atoms with Crippen molar-refractivity contribution in [2.75, 3.05) is 45.7 Å². The number of nitro benzene ring substituents is 1. The molecule has 0 saturated heterocycles. The number of nitrogens with one attached hydrogen (secondary N) is 3. The number of aliphatic carboxylic acids is 1. The van der Waals surface area contributed by atoms with Gasteiger partial charge < -0.3 is 45.7 Å². The normalized spacial score (nSPS) is 12.8. The van der Waals surface area contributed by atoms with E-state index >= 15 is 0 Å². The van der Waals surface area contributed by atoms with Gasteiger partial charge in [-0.05, 0) is 66.6 Å². The first-order valence-corrected chi connectivity index (χ1v) is 22.7. The molecule has 0 radical (unpaired) electrons. The highest BCUT2D eigenvalue weighted by Gasteiger charge is 2.30. The molecule has 0 saturated carbocycles. The Morgan fingerprint density at radius 3 is 2.23 bits per heavy atom. The van der Waals surface area contributed by atoms with E-state index in [0.29, 0.717) is 13.0 Å². The van der Waals surface area contributed by atoms with E-state index in [1.807, 2.05) is 36.4 Å². The number of amides is 3. The number of ether oxygens (including phenoxy) is 4. The Kier molecular flexibility index (Phi) is 20.7. The van der Waals surface area contributed by atoms with Gasteiger partial charge in [0, 0.05) is 42.4 Å². The highest BCUT2D eigenvalue weighted by atomic mass is 33.1. The van der Waals surface area contributed by atoms with Crippen LogP contribution in [-0.4, -0.2) is 103 Å². The van der Waals surface area contributed by atoms with Gasteiger partial charge in [-0.1, -0.05) is 75.2 Å². The van der Waals surface area contributed by atoms with Gasteiger partial charge in [0.15, 0.2) is 16.9 Å². The predicted molar refractivity (Wildman–Crippen MR) is 240 cm³/mol. The number of fused-ring (bicyclic) bond motifs is 3. The maximum atomic E-state index is 12.7. The Hall–Kier alpha value is -6.55. The van der Waals surface area contributed by atoms with Crippen LogP contribution in [-0.2, 0) is 38.2 Å². The number of benzene rings is 3. The number of carbonyl (C=O) groups excluding carboxylic acids is 5.